The highest BCUT2D eigenvalue weighted by Gasteiger charge is 2.27. The smallest absolute Gasteiger partial charge is 0.308 e. The molecular weight excluding hydrogens is 158 g/mol. The minimum atomic E-state index is -0.142. The monoisotopic (exact) mass is 173 g/mol. The summed E-state index contributed by atoms with van der Waals surface area (Å²) in [6.45, 7) is 1.09. The molecule has 0 spiro atoms. The first-order chi connectivity index (χ1) is 5.77. The summed E-state index contributed by atoms with van der Waals surface area (Å²) < 4.78 is 9.97. The van der Waals surface area contributed by atoms with Gasteiger partial charge in [0.15, 0.2) is 0 Å². The average Bonchev–Trinajstić information content (AvgIpc) is 2.17. The van der Waals surface area contributed by atoms with Gasteiger partial charge in [0.1, 0.15) is 0 Å². The molecule has 0 aromatic carbocycles. The summed E-state index contributed by atoms with van der Waals surface area (Å²) in [5.74, 6) is -0.158. The number of nitrogens with two attached hydrogens (primary N) is 1. The fourth-order valence-corrected chi connectivity index (χ4v) is 1.43. The Bertz CT molecular complexity index is 160. The molecule has 2 atom stereocenters. The molecule has 1 fully saturated rings. The van der Waals surface area contributed by atoms with Crippen LogP contribution in [-0.4, -0.2) is 32.3 Å². The van der Waals surface area contributed by atoms with Crippen molar-refractivity contribution in [2.24, 2.45) is 11.7 Å². The summed E-state index contributed by atoms with van der Waals surface area (Å²) in [5, 5.41) is 0. The normalized spacial score (nSPS) is 29.8. The third kappa shape index (κ3) is 2.19. The van der Waals surface area contributed by atoms with Crippen LogP contribution >= 0.6 is 0 Å². The van der Waals surface area contributed by atoms with Crippen LogP contribution in [0, 0.1) is 5.92 Å². The minimum Gasteiger partial charge on any atom is -0.469 e. The van der Waals surface area contributed by atoms with Gasteiger partial charge in [-0.2, -0.15) is 0 Å². The first-order valence-electron chi connectivity index (χ1n) is 4.17. The quantitative estimate of drug-likeness (QED) is 0.593. The molecule has 2 unspecified atom stereocenters. The van der Waals surface area contributed by atoms with E-state index in [2.05, 4.69) is 4.74 Å². The molecule has 1 aliphatic rings. The number of rotatable bonds is 2. The lowest BCUT2D eigenvalue weighted by Crippen LogP contribution is -2.35. The second kappa shape index (κ2) is 4.42. The molecule has 1 aliphatic heterocycles. The van der Waals surface area contributed by atoms with E-state index < -0.39 is 0 Å². The molecule has 0 aromatic rings. The summed E-state index contributed by atoms with van der Waals surface area (Å²) in [4.78, 5) is 11.1. The molecule has 0 bridgehead atoms. The Morgan fingerprint density at radius 3 is 3.08 bits per heavy atom. The van der Waals surface area contributed by atoms with Crippen molar-refractivity contribution in [2.75, 3.05) is 20.3 Å². The fraction of sp³-hybridized carbons (Fsp3) is 0.875. The third-order valence-electron chi connectivity index (χ3n) is 2.16. The van der Waals surface area contributed by atoms with E-state index in [0.29, 0.717) is 19.6 Å². The van der Waals surface area contributed by atoms with E-state index in [1.54, 1.807) is 0 Å². The van der Waals surface area contributed by atoms with Crippen LogP contribution in [0.5, 0.6) is 0 Å². The predicted octanol–water partition coefficient (Wildman–Crippen LogP) is -0.0867. The van der Waals surface area contributed by atoms with Gasteiger partial charge < -0.3 is 15.2 Å². The molecule has 0 aromatic heterocycles. The largest absolute Gasteiger partial charge is 0.469 e. The Kier molecular flexibility index (Phi) is 3.49. The molecular formula is C8H15NO3. The molecule has 4 heteroatoms. The number of ether oxygens (including phenoxy) is 2. The lowest BCUT2D eigenvalue weighted by Gasteiger charge is -2.26. The van der Waals surface area contributed by atoms with E-state index in [9.17, 15) is 4.79 Å². The number of methoxy groups -OCH3 is 1. The van der Waals surface area contributed by atoms with Gasteiger partial charge in [-0.3, -0.25) is 4.79 Å². The molecule has 2 N–H and O–H groups in total. The van der Waals surface area contributed by atoms with Crippen molar-refractivity contribution in [3.8, 4) is 0 Å². The van der Waals surface area contributed by atoms with Crippen LogP contribution in [0.15, 0.2) is 0 Å². The zero-order valence-electron chi connectivity index (χ0n) is 7.29. The van der Waals surface area contributed by atoms with Gasteiger partial charge in [0.05, 0.1) is 19.1 Å². The van der Waals surface area contributed by atoms with E-state index >= 15 is 0 Å². The lowest BCUT2D eigenvalue weighted by molar-refractivity contribution is -0.150. The van der Waals surface area contributed by atoms with Gasteiger partial charge in [0.2, 0.25) is 0 Å². The van der Waals surface area contributed by atoms with Gasteiger partial charge in [-0.05, 0) is 12.8 Å². The highest BCUT2D eigenvalue weighted by atomic mass is 16.5. The van der Waals surface area contributed by atoms with E-state index in [1.807, 2.05) is 0 Å². The van der Waals surface area contributed by atoms with Gasteiger partial charge in [-0.15, -0.1) is 0 Å². The summed E-state index contributed by atoms with van der Waals surface area (Å²) in [7, 11) is 1.41. The maximum absolute atomic E-state index is 11.1. The van der Waals surface area contributed by atoms with Crippen LogP contribution < -0.4 is 5.73 Å². The van der Waals surface area contributed by atoms with Crippen LogP contribution in [0.3, 0.4) is 0 Å². The molecule has 70 valence electrons. The van der Waals surface area contributed by atoms with Gasteiger partial charge in [-0.1, -0.05) is 0 Å². The van der Waals surface area contributed by atoms with E-state index in [0.717, 1.165) is 6.42 Å². The van der Waals surface area contributed by atoms with E-state index in [1.165, 1.54) is 7.11 Å². The summed E-state index contributed by atoms with van der Waals surface area (Å²) in [6, 6.07) is 0. The van der Waals surface area contributed by atoms with Crippen LogP contribution in [0.25, 0.3) is 0 Å². The van der Waals surface area contributed by atoms with Gasteiger partial charge in [0, 0.05) is 13.2 Å². The van der Waals surface area contributed by atoms with Gasteiger partial charge in [-0.25, -0.2) is 0 Å². The van der Waals surface area contributed by atoms with Crippen LogP contribution in [0.1, 0.15) is 12.8 Å². The number of hydrogen-bond acceptors (Lipinski definition) is 4. The minimum absolute atomic E-state index is 0.0164. The van der Waals surface area contributed by atoms with Crippen molar-refractivity contribution in [3.63, 3.8) is 0 Å². The molecule has 1 heterocycles. The standard InChI is InChI=1S/C8H15NO3/c1-11-8(10)6-2-3-12-7(4-6)5-9/h6-7H,2-5,9H2,1H3. The molecule has 12 heavy (non-hydrogen) atoms. The summed E-state index contributed by atoms with van der Waals surface area (Å²) in [6.07, 6.45) is 1.48. The zero-order valence-corrected chi connectivity index (χ0v) is 7.29. The molecule has 1 saturated heterocycles. The Morgan fingerprint density at radius 1 is 1.75 bits per heavy atom. The molecule has 1 rings (SSSR count). The van der Waals surface area contributed by atoms with Crippen LogP contribution in [0.4, 0.5) is 0 Å². The van der Waals surface area contributed by atoms with Gasteiger partial charge in [0.25, 0.3) is 0 Å². The van der Waals surface area contributed by atoms with Crippen molar-refractivity contribution in [3.05, 3.63) is 0 Å². The predicted molar refractivity (Wildman–Crippen MR) is 43.5 cm³/mol. The van der Waals surface area contributed by atoms with E-state index in [-0.39, 0.29) is 18.0 Å². The van der Waals surface area contributed by atoms with Gasteiger partial charge >= 0.3 is 5.97 Å². The Labute approximate surface area is 72.0 Å². The Hall–Kier alpha value is -0.610. The van der Waals surface area contributed by atoms with Crippen molar-refractivity contribution >= 4 is 5.97 Å². The maximum Gasteiger partial charge on any atom is 0.308 e. The number of esters is 1. The summed E-state index contributed by atoms with van der Waals surface area (Å²) >= 11 is 0. The summed E-state index contributed by atoms with van der Waals surface area (Å²) in [5.41, 5.74) is 5.43. The number of carbonyl (C=O) groups is 1. The second-order valence-electron chi connectivity index (χ2n) is 2.97. The second-order valence-corrected chi connectivity index (χ2v) is 2.97. The van der Waals surface area contributed by atoms with E-state index in [4.69, 9.17) is 10.5 Å². The maximum atomic E-state index is 11.1. The zero-order chi connectivity index (χ0) is 8.97. The van der Waals surface area contributed by atoms with Crippen molar-refractivity contribution in [1.82, 2.24) is 0 Å². The first-order valence-corrected chi connectivity index (χ1v) is 4.17. The highest BCUT2D eigenvalue weighted by molar-refractivity contribution is 5.72. The van der Waals surface area contributed by atoms with Crippen LogP contribution in [-0.2, 0) is 14.3 Å². The number of carbonyl (C=O) groups excluding carboxylic acids is 1. The third-order valence-corrected chi connectivity index (χ3v) is 2.16. The average molecular weight is 173 g/mol. The molecule has 0 radical (unpaired) electrons. The van der Waals surface area contributed by atoms with Crippen molar-refractivity contribution in [1.29, 1.82) is 0 Å². The topological polar surface area (TPSA) is 61.5 Å². The molecule has 0 saturated carbocycles. The van der Waals surface area contributed by atoms with Crippen molar-refractivity contribution in [2.45, 2.75) is 18.9 Å². The van der Waals surface area contributed by atoms with Crippen LogP contribution in [0.2, 0.25) is 0 Å². The molecule has 0 aliphatic carbocycles. The first kappa shape index (κ1) is 9.48. The highest BCUT2D eigenvalue weighted by Crippen LogP contribution is 2.20. The number of hydrogen-bond donors (Lipinski definition) is 1. The fourth-order valence-electron chi connectivity index (χ4n) is 1.43. The van der Waals surface area contributed by atoms with Crippen molar-refractivity contribution < 1.29 is 14.3 Å². The SMILES string of the molecule is COC(=O)C1CCOC(CN)C1. The molecule has 4 nitrogen and oxygen atoms in total. The Morgan fingerprint density at radius 2 is 2.50 bits per heavy atom. The lowest BCUT2D eigenvalue weighted by atomic mass is 9.96. The molecule has 0 amide bonds. The Balaban J connectivity index is 2.40.